The van der Waals surface area contributed by atoms with E-state index in [1.807, 2.05) is 10.8 Å². The maximum atomic E-state index is 12.7. The van der Waals surface area contributed by atoms with Crippen LogP contribution >= 0.6 is 0 Å². The molecular formula is C17H20N6O2. The number of hydrogen-bond donors (Lipinski definition) is 2. The van der Waals surface area contributed by atoms with E-state index in [2.05, 4.69) is 32.5 Å². The van der Waals surface area contributed by atoms with Crippen molar-refractivity contribution in [2.75, 3.05) is 11.9 Å². The van der Waals surface area contributed by atoms with Gasteiger partial charge in [0.05, 0.1) is 17.3 Å². The fraction of sp³-hybridized carbons (Fsp3) is 0.412. The summed E-state index contributed by atoms with van der Waals surface area (Å²) in [5.41, 5.74) is 0.966. The zero-order valence-corrected chi connectivity index (χ0v) is 14.2. The third kappa shape index (κ3) is 3.07. The van der Waals surface area contributed by atoms with Gasteiger partial charge in [-0.2, -0.15) is 0 Å². The van der Waals surface area contributed by atoms with Crippen molar-refractivity contribution < 1.29 is 9.21 Å². The predicted octanol–water partition coefficient (Wildman–Crippen LogP) is 2.12. The molecular weight excluding hydrogens is 320 g/mol. The van der Waals surface area contributed by atoms with Crippen molar-refractivity contribution in [2.24, 2.45) is 0 Å². The molecule has 3 aromatic heterocycles. The summed E-state index contributed by atoms with van der Waals surface area (Å²) in [6.45, 7) is 5.06. The predicted molar refractivity (Wildman–Crippen MR) is 92.4 cm³/mol. The van der Waals surface area contributed by atoms with Gasteiger partial charge in [-0.15, -0.1) is 0 Å². The van der Waals surface area contributed by atoms with E-state index in [1.165, 1.54) is 6.33 Å². The molecule has 0 atom stereocenters. The standard InChI is InChI=1S/C17H20N6O2/c1-11-12(15(24)19-6-8-23-7-5-18-10-23)13-14(22-17(2)3-4-17)20-9-21-16(13)25-11/h5,7,9-10H,3-4,6,8H2,1-2H3,(H,19,24)(H,20,21,22). The molecule has 1 fully saturated rings. The number of furan rings is 1. The number of imidazole rings is 1. The van der Waals surface area contributed by atoms with Crippen molar-refractivity contribution >= 4 is 22.8 Å². The first-order chi connectivity index (χ1) is 12.1. The van der Waals surface area contributed by atoms with Gasteiger partial charge in [-0.25, -0.2) is 15.0 Å². The number of rotatable bonds is 6. The van der Waals surface area contributed by atoms with Crippen LogP contribution in [0.4, 0.5) is 5.82 Å². The smallest absolute Gasteiger partial charge is 0.255 e. The number of anilines is 1. The third-order valence-corrected chi connectivity index (χ3v) is 4.53. The van der Waals surface area contributed by atoms with E-state index in [-0.39, 0.29) is 11.4 Å². The van der Waals surface area contributed by atoms with Crippen LogP contribution in [-0.4, -0.2) is 37.5 Å². The Morgan fingerprint density at radius 1 is 1.40 bits per heavy atom. The van der Waals surface area contributed by atoms with Gasteiger partial charge in [-0.1, -0.05) is 0 Å². The van der Waals surface area contributed by atoms with Gasteiger partial charge in [0.15, 0.2) is 0 Å². The molecule has 2 N–H and O–H groups in total. The van der Waals surface area contributed by atoms with Crippen LogP contribution in [0.2, 0.25) is 0 Å². The van der Waals surface area contributed by atoms with Crippen molar-refractivity contribution in [3.8, 4) is 0 Å². The van der Waals surface area contributed by atoms with Crippen LogP contribution in [0, 0.1) is 6.92 Å². The number of carbonyl (C=O) groups is 1. The Morgan fingerprint density at radius 2 is 2.24 bits per heavy atom. The highest BCUT2D eigenvalue weighted by Crippen LogP contribution is 2.40. The molecule has 0 radical (unpaired) electrons. The largest absolute Gasteiger partial charge is 0.442 e. The summed E-state index contributed by atoms with van der Waals surface area (Å²) in [4.78, 5) is 25.2. The van der Waals surface area contributed by atoms with Crippen molar-refractivity contribution in [3.05, 3.63) is 36.4 Å². The molecule has 0 bridgehead atoms. The van der Waals surface area contributed by atoms with Gasteiger partial charge >= 0.3 is 0 Å². The fourth-order valence-corrected chi connectivity index (χ4v) is 2.82. The molecule has 3 heterocycles. The zero-order valence-electron chi connectivity index (χ0n) is 14.2. The lowest BCUT2D eigenvalue weighted by molar-refractivity contribution is 0.0952. The molecule has 0 saturated heterocycles. The minimum atomic E-state index is -0.185. The molecule has 8 heteroatoms. The highest BCUT2D eigenvalue weighted by atomic mass is 16.3. The Kier molecular flexibility index (Phi) is 3.67. The number of carbonyl (C=O) groups excluding carboxylic acids is 1. The average Bonchev–Trinajstić information content (AvgIpc) is 2.99. The number of amides is 1. The van der Waals surface area contributed by atoms with E-state index in [1.54, 1.807) is 19.4 Å². The van der Waals surface area contributed by atoms with Crippen LogP contribution in [0.15, 0.2) is 29.5 Å². The summed E-state index contributed by atoms with van der Waals surface area (Å²) in [7, 11) is 0. The van der Waals surface area contributed by atoms with Gasteiger partial charge in [0, 0.05) is 31.0 Å². The molecule has 1 aliphatic rings. The molecule has 0 unspecified atom stereocenters. The lowest BCUT2D eigenvalue weighted by Crippen LogP contribution is -2.27. The lowest BCUT2D eigenvalue weighted by Gasteiger charge is -2.13. The van der Waals surface area contributed by atoms with Crippen LogP contribution in [0.3, 0.4) is 0 Å². The van der Waals surface area contributed by atoms with E-state index >= 15 is 0 Å². The summed E-state index contributed by atoms with van der Waals surface area (Å²) >= 11 is 0. The molecule has 25 heavy (non-hydrogen) atoms. The molecule has 4 rings (SSSR count). The second-order valence-electron chi connectivity index (χ2n) is 6.68. The summed E-state index contributed by atoms with van der Waals surface area (Å²) < 4.78 is 7.59. The van der Waals surface area contributed by atoms with Crippen molar-refractivity contribution in [1.29, 1.82) is 0 Å². The van der Waals surface area contributed by atoms with Crippen molar-refractivity contribution in [2.45, 2.75) is 38.8 Å². The lowest BCUT2D eigenvalue weighted by atomic mass is 10.1. The topological polar surface area (TPSA) is 97.9 Å². The van der Waals surface area contributed by atoms with Gasteiger partial charge in [-0.05, 0) is 26.7 Å². The van der Waals surface area contributed by atoms with Gasteiger partial charge in [0.1, 0.15) is 17.9 Å². The Balaban J connectivity index is 1.59. The SMILES string of the molecule is Cc1oc2ncnc(NC3(C)CC3)c2c1C(=O)NCCn1ccnc1. The molecule has 0 aromatic carbocycles. The second kappa shape index (κ2) is 5.87. The number of aryl methyl sites for hydroxylation is 1. The van der Waals surface area contributed by atoms with E-state index < -0.39 is 0 Å². The Morgan fingerprint density at radius 3 is 2.96 bits per heavy atom. The van der Waals surface area contributed by atoms with E-state index in [0.717, 1.165) is 12.8 Å². The van der Waals surface area contributed by atoms with Gasteiger partial charge in [0.2, 0.25) is 5.71 Å². The zero-order chi connectivity index (χ0) is 17.4. The molecule has 1 saturated carbocycles. The fourth-order valence-electron chi connectivity index (χ4n) is 2.82. The van der Waals surface area contributed by atoms with Crippen LogP contribution in [0.5, 0.6) is 0 Å². The molecule has 0 spiro atoms. The molecule has 8 nitrogen and oxygen atoms in total. The van der Waals surface area contributed by atoms with Crippen LogP contribution in [0.1, 0.15) is 35.9 Å². The molecule has 1 amide bonds. The average molecular weight is 340 g/mol. The van der Waals surface area contributed by atoms with Crippen LogP contribution < -0.4 is 10.6 Å². The van der Waals surface area contributed by atoms with Gasteiger partial charge in [-0.3, -0.25) is 4.79 Å². The molecule has 3 aromatic rings. The number of fused-ring (bicyclic) bond motifs is 1. The van der Waals surface area contributed by atoms with E-state index in [9.17, 15) is 4.79 Å². The normalized spacial score (nSPS) is 15.3. The minimum Gasteiger partial charge on any atom is -0.442 e. The van der Waals surface area contributed by atoms with Gasteiger partial charge < -0.3 is 19.6 Å². The third-order valence-electron chi connectivity index (χ3n) is 4.53. The summed E-state index contributed by atoms with van der Waals surface area (Å²) in [5, 5.41) is 7.00. The number of nitrogens with zero attached hydrogens (tertiary/aromatic N) is 4. The quantitative estimate of drug-likeness (QED) is 0.713. The minimum absolute atomic E-state index is 0.0433. The monoisotopic (exact) mass is 340 g/mol. The van der Waals surface area contributed by atoms with Crippen molar-refractivity contribution in [3.63, 3.8) is 0 Å². The van der Waals surface area contributed by atoms with E-state index in [0.29, 0.717) is 41.3 Å². The highest BCUT2D eigenvalue weighted by Gasteiger charge is 2.38. The Hall–Kier alpha value is -2.90. The molecule has 1 aliphatic carbocycles. The molecule has 130 valence electrons. The van der Waals surface area contributed by atoms with Crippen molar-refractivity contribution in [1.82, 2.24) is 24.8 Å². The summed E-state index contributed by atoms with van der Waals surface area (Å²) in [6.07, 6.45) is 8.92. The van der Waals surface area contributed by atoms with Crippen LogP contribution in [-0.2, 0) is 6.54 Å². The first kappa shape index (κ1) is 15.6. The number of hydrogen-bond acceptors (Lipinski definition) is 6. The number of aromatic nitrogens is 4. The molecule has 0 aliphatic heterocycles. The Labute approximate surface area is 144 Å². The summed E-state index contributed by atoms with van der Waals surface area (Å²) in [5.74, 6) is 1.01. The first-order valence-corrected chi connectivity index (χ1v) is 8.32. The highest BCUT2D eigenvalue weighted by molar-refractivity contribution is 6.10. The maximum Gasteiger partial charge on any atom is 0.255 e. The van der Waals surface area contributed by atoms with Gasteiger partial charge in [0.25, 0.3) is 5.91 Å². The number of nitrogens with one attached hydrogen (secondary N) is 2. The van der Waals surface area contributed by atoms with E-state index in [4.69, 9.17) is 4.42 Å². The summed E-state index contributed by atoms with van der Waals surface area (Å²) in [6, 6.07) is 0. The first-order valence-electron chi connectivity index (χ1n) is 8.32. The van der Waals surface area contributed by atoms with Crippen LogP contribution in [0.25, 0.3) is 11.1 Å². The maximum absolute atomic E-state index is 12.7. The second-order valence-corrected chi connectivity index (χ2v) is 6.68. The Bertz CT molecular complexity index is 911.